The molecule has 1 amide bonds. The maximum Gasteiger partial charge on any atom is 0.416 e. The van der Waals surface area contributed by atoms with Crippen molar-refractivity contribution < 1.29 is 31.8 Å². The second kappa shape index (κ2) is 11.5. The smallest absolute Gasteiger partial charge is 0.416 e. The van der Waals surface area contributed by atoms with Gasteiger partial charge in [-0.15, -0.1) is 0 Å². The van der Waals surface area contributed by atoms with Gasteiger partial charge in [-0.25, -0.2) is 9.37 Å². The minimum atomic E-state index is -4.54. The average Bonchev–Trinajstić information content (AvgIpc) is 3.35. The first kappa shape index (κ1) is 28.4. The summed E-state index contributed by atoms with van der Waals surface area (Å²) in [5, 5.41) is 0.363. The second-order valence-corrected chi connectivity index (χ2v) is 10.7. The molecule has 0 bridgehead atoms. The predicted molar refractivity (Wildman–Crippen MR) is 147 cm³/mol. The number of hydrogen-bond donors (Lipinski definition) is 0. The molecule has 0 aliphatic carbocycles. The zero-order valence-corrected chi connectivity index (χ0v) is 23.2. The molecule has 0 N–H and O–H groups in total. The summed E-state index contributed by atoms with van der Waals surface area (Å²) in [6.45, 7) is 3.57. The van der Waals surface area contributed by atoms with Crippen LogP contribution in [-0.4, -0.2) is 64.5 Å². The Morgan fingerprint density at radius 3 is 2.60 bits per heavy atom. The van der Waals surface area contributed by atoms with E-state index in [0.29, 0.717) is 41.9 Å². The van der Waals surface area contributed by atoms with E-state index in [1.165, 1.54) is 27.6 Å². The first-order valence-electron chi connectivity index (χ1n) is 13.5. The highest BCUT2D eigenvalue weighted by Crippen LogP contribution is 2.38. The fourth-order valence-electron chi connectivity index (χ4n) is 5.55. The molecule has 1 atom stereocenters. The molecule has 7 nitrogen and oxygen atoms in total. The van der Waals surface area contributed by atoms with Gasteiger partial charge in [-0.3, -0.25) is 9.69 Å². The third-order valence-corrected chi connectivity index (χ3v) is 7.90. The molecule has 2 aromatic carbocycles. The van der Waals surface area contributed by atoms with Crippen molar-refractivity contribution in [1.29, 1.82) is 0 Å². The normalized spacial score (nSPS) is 17.8. The van der Waals surface area contributed by atoms with Gasteiger partial charge in [0.15, 0.2) is 6.61 Å². The molecular weight excluding hydrogens is 576 g/mol. The maximum absolute atomic E-state index is 15.2. The standard InChI is InChI=1S/C30H27ClF4N4O3/c31-22-15-19(17-37-11-13-41-14-12-37)5-6-25(22)42-18-27(40)39-10-8-24-29(28(39)21-3-1-2-4-23(21)32)38-9-7-20(30(33,34)35)16-26(38)36-24/h1-7,9,15-16,28H,8,10-14,17-18H2. The molecule has 2 aliphatic heterocycles. The summed E-state index contributed by atoms with van der Waals surface area (Å²) in [5.41, 5.74) is 1.39. The Balaban J connectivity index is 1.26. The molecule has 6 rings (SSSR count). The predicted octanol–water partition coefficient (Wildman–Crippen LogP) is 5.53. The number of ether oxygens (including phenoxy) is 2. The summed E-state index contributed by atoms with van der Waals surface area (Å²) in [5.74, 6) is -0.635. The van der Waals surface area contributed by atoms with E-state index in [4.69, 9.17) is 21.1 Å². The summed E-state index contributed by atoms with van der Waals surface area (Å²) in [7, 11) is 0. The van der Waals surface area contributed by atoms with Crippen molar-refractivity contribution >= 4 is 23.2 Å². The molecule has 4 heterocycles. The van der Waals surface area contributed by atoms with E-state index in [1.54, 1.807) is 24.3 Å². The van der Waals surface area contributed by atoms with Gasteiger partial charge in [-0.05, 0) is 35.9 Å². The molecule has 12 heteroatoms. The van der Waals surface area contributed by atoms with Gasteiger partial charge in [0.1, 0.15) is 23.3 Å². The lowest BCUT2D eigenvalue weighted by molar-refractivity contribution is -0.137. The van der Waals surface area contributed by atoms with Crippen LogP contribution < -0.4 is 4.74 Å². The fourth-order valence-corrected chi connectivity index (χ4v) is 5.80. The van der Waals surface area contributed by atoms with Crippen LogP contribution in [0.4, 0.5) is 17.6 Å². The van der Waals surface area contributed by atoms with Crippen LogP contribution >= 0.6 is 11.6 Å². The zero-order chi connectivity index (χ0) is 29.4. The summed E-state index contributed by atoms with van der Waals surface area (Å²) < 4.78 is 68.0. The van der Waals surface area contributed by atoms with Gasteiger partial charge in [-0.2, -0.15) is 13.2 Å². The Morgan fingerprint density at radius 1 is 1.07 bits per heavy atom. The van der Waals surface area contributed by atoms with Gasteiger partial charge >= 0.3 is 6.18 Å². The van der Waals surface area contributed by atoms with Gasteiger partial charge in [0.2, 0.25) is 0 Å². The lowest BCUT2D eigenvalue weighted by atomic mass is 9.95. The first-order chi connectivity index (χ1) is 20.2. The molecule has 1 unspecified atom stereocenters. The maximum atomic E-state index is 15.2. The number of nitrogens with zero attached hydrogens (tertiary/aromatic N) is 4. The van der Waals surface area contributed by atoms with E-state index in [0.717, 1.165) is 30.8 Å². The highest BCUT2D eigenvalue weighted by atomic mass is 35.5. The summed E-state index contributed by atoms with van der Waals surface area (Å²) in [6.07, 6.45) is -2.99. The summed E-state index contributed by atoms with van der Waals surface area (Å²) in [4.78, 5) is 21.8. The monoisotopic (exact) mass is 602 g/mol. The molecule has 2 aromatic heterocycles. The Labute approximate surface area is 244 Å². The van der Waals surface area contributed by atoms with Crippen LogP contribution in [0, 0.1) is 5.82 Å². The number of hydrogen-bond acceptors (Lipinski definition) is 5. The van der Waals surface area contributed by atoms with Crippen molar-refractivity contribution in [2.75, 3.05) is 39.5 Å². The van der Waals surface area contributed by atoms with Crippen molar-refractivity contribution in [2.45, 2.75) is 25.2 Å². The number of amides is 1. The largest absolute Gasteiger partial charge is 0.482 e. The van der Waals surface area contributed by atoms with E-state index in [9.17, 15) is 18.0 Å². The highest BCUT2D eigenvalue weighted by Gasteiger charge is 2.38. The van der Waals surface area contributed by atoms with Gasteiger partial charge in [0.05, 0.1) is 35.2 Å². The van der Waals surface area contributed by atoms with E-state index >= 15 is 4.39 Å². The van der Waals surface area contributed by atoms with Crippen LogP contribution in [0.5, 0.6) is 5.75 Å². The zero-order valence-electron chi connectivity index (χ0n) is 22.4. The van der Waals surface area contributed by atoms with Crippen LogP contribution in [0.2, 0.25) is 5.02 Å². The Hall–Kier alpha value is -3.67. The van der Waals surface area contributed by atoms with Gasteiger partial charge in [-0.1, -0.05) is 35.9 Å². The van der Waals surface area contributed by atoms with Crippen LogP contribution in [0.15, 0.2) is 60.8 Å². The fraction of sp³-hybridized carbons (Fsp3) is 0.333. The third-order valence-electron chi connectivity index (χ3n) is 7.60. The second-order valence-electron chi connectivity index (χ2n) is 10.3. The Bertz CT molecular complexity index is 1620. The SMILES string of the molecule is O=C(COc1ccc(CN2CCOCC2)cc1Cl)N1CCc2nc3cc(C(F)(F)F)ccn3c2C1c1ccccc1F. The van der Waals surface area contributed by atoms with Crippen molar-refractivity contribution in [3.63, 3.8) is 0 Å². The Morgan fingerprint density at radius 2 is 1.86 bits per heavy atom. The quantitative estimate of drug-likeness (QED) is 0.272. The average molecular weight is 603 g/mol. The lowest BCUT2D eigenvalue weighted by Crippen LogP contribution is -2.43. The van der Waals surface area contributed by atoms with Crippen LogP contribution in [0.1, 0.15) is 34.1 Å². The number of imidazole rings is 1. The number of aromatic nitrogens is 2. The molecule has 42 heavy (non-hydrogen) atoms. The van der Waals surface area contributed by atoms with Crippen molar-refractivity contribution in [3.05, 3.63) is 99.7 Å². The molecule has 0 saturated carbocycles. The molecule has 1 saturated heterocycles. The van der Waals surface area contributed by atoms with Crippen LogP contribution in [-0.2, 0) is 28.7 Å². The number of benzene rings is 2. The summed E-state index contributed by atoms with van der Waals surface area (Å²) >= 11 is 6.49. The number of carbonyl (C=O) groups excluding carboxylic acids is 1. The first-order valence-corrected chi connectivity index (χ1v) is 13.9. The third kappa shape index (κ3) is 5.68. The molecule has 220 valence electrons. The minimum Gasteiger partial charge on any atom is -0.482 e. The van der Waals surface area contributed by atoms with Gasteiger partial charge < -0.3 is 18.8 Å². The van der Waals surface area contributed by atoms with Crippen molar-refractivity contribution in [3.8, 4) is 5.75 Å². The molecule has 0 radical (unpaired) electrons. The van der Waals surface area contributed by atoms with Gasteiger partial charge in [0.25, 0.3) is 5.91 Å². The molecule has 2 aliphatic rings. The summed E-state index contributed by atoms with van der Waals surface area (Å²) in [6, 6.07) is 12.4. The highest BCUT2D eigenvalue weighted by molar-refractivity contribution is 6.32. The van der Waals surface area contributed by atoms with E-state index in [1.807, 2.05) is 6.07 Å². The van der Waals surface area contributed by atoms with E-state index in [2.05, 4.69) is 9.88 Å². The number of morpholine rings is 1. The molecule has 1 fully saturated rings. The van der Waals surface area contributed by atoms with Crippen molar-refractivity contribution in [2.24, 2.45) is 0 Å². The van der Waals surface area contributed by atoms with Crippen molar-refractivity contribution in [1.82, 2.24) is 19.2 Å². The van der Waals surface area contributed by atoms with E-state index < -0.39 is 29.5 Å². The number of carbonyl (C=O) groups is 1. The van der Waals surface area contributed by atoms with Gasteiger partial charge in [0, 0.05) is 44.4 Å². The number of alkyl halides is 3. The Kier molecular flexibility index (Phi) is 7.82. The lowest BCUT2D eigenvalue weighted by Gasteiger charge is -2.36. The molecule has 4 aromatic rings. The minimum absolute atomic E-state index is 0.0747. The van der Waals surface area contributed by atoms with Crippen LogP contribution in [0.3, 0.4) is 0 Å². The number of pyridine rings is 1. The molecule has 0 spiro atoms. The number of rotatable bonds is 6. The number of halogens is 5. The van der Waals surface area contributed by atoms with Crippen LogP contribution in [0.25, 0.3) is 5.65 Å². The van der Waals surface area contributed by atoms with E-state index in [-0.39, 0.29) is 30.8 Å². The topological polar surface area (TPSA) is 59.3 Å². The number of fused-ring (bicyclic) bond motifs is 3. The molecular formula is C30H27ClF4N4O3.